The number of aliphatic hydroxyl groups excluding tert-OH is 1. The Morgan fingerprint density at radius 1 is 0.914 bits per heavy atom. The minimum Gasteiger partial charge on any atom is -0.396 e. The summed E-state index contributed by atoms with van der Waals surface area (Å²) in [5, 5.41) is 9.19. The second-order valence-electron chi connectivity index (χ2n) is 10.5. The first-order valence-electron chi connectivity index (χ1n) is 13.4. The predicted molar refractivity (Wildman–Crippen MR) is 132 cm³/mol. The molecule has 1 spiro atoms. The van der Waals surface area contributed by atoms with Crippen molar-refractivity contribution >= 4 is 17.7 Å². The summed E-state index contributed by atoms with van der Waals surface area (Å²) in [5.74, 6) is -1.75. The van der Waals surface area contributed by atoms with Crippen molar-refractivity contribution in [2.45, 2.75) is 76.0 Å². The number of hydrogen-bond donors (Lipinski definition) is 1. The number of ether oxygens (including phenoxy) is 1. The van der Waals surface area contributed by atoms with Crippen LogP contribution in [-0.2, 0) is 19.1 Å². The molecule has 3 amide bonds. The normalized spacial score (nSPS) is 34.2. The van der Waals surface area contributed by atoms with E-state index in [1.807, 2.05) is 36.1 Å². The molecule has 2 saturated heterocycles. The van der Waals surface area contributed by atoms with Crippen molar-refractivity contribution in [2.75, 3.05) is 39.8 Å². The minimum absolute atomic E-state index is 0.0865. The van der Waals surface area contributed by atoms with Gasteiger partial charge in [-0.3, -0.25) is 14.4 Å². The Morgan fingerprint density at radius 3 is 2.37 bits per heavy atom. The number of rotatable bonds is 10. The quantitative estimate of drug-likeness (QED) is 0.377. The zero-order valence-electron chi connectivity index (χ0n) is 21.4. The maximum Gasteiger partial charge on any atom is 0.249 e. The number of nitrogens with zero attached hydrogens (tertiary/aromatic N) is 3. The van der Waals surface area contributed by atoms with Gasteiger partial charge in [0.05, 0.1) is 17.4 Å². The lowest BCUT2D eigenvalue weighted by Gasteiger charge is -2.38. The number of carbonyl (C=O) groups is 3. The molecule has 0 saturated carbocycles. The highest BCUT2D eigenvalue weighted by Gasteiger charge is 2.75. The first kappa shape index (κ1) is 25.9. The van der Waals surface area contributed by atoms with Gasteiger partial charge in [0.15, 0.2) is 0 Å². The molecule has 0 bridgehead atoms. The maximum atomic E-state index is 14.1. The third kappa shape index (κ3) is 4.22. The Kier molecular flexibility index (Phi) is 7.71. The molecule has 35 heavy (non-hydrogen) atoms. The molecule has 0 aromatic heterocycles. The van der Waals surface area contributed by atoms with Crippen LogP contribution >= 0.6 is 0 Å². The molecular formula is C27H41N3O5. The molecule has 0 aromatic rings. The number of likely N-dealkylation sites (tertiary alicyclic amines) is 1. The van der Waals surface area contributed by atoms with Gasteiger partial charge in [0, 0.05) is 39.8 Å². The Balaban J connectivity index is 1.76. The zero-order valence-corrected chi connectivity index (χ0v) is 21.4. The summed E-state index contributed by atoms with van der Waals surface area (Å²) in [6.07, 6.45) is 13.5. The molecule has 0 radical (unpaired) electrons. The Hall–Kier alpha value is -2.19. The molecule has 5 atom stereocenters. The van der Waals surface area contributed by atoms with E-state index in [1.54, 1.807) is 16.8 Å². The molecule has 8 heteroatoms. The third-order valence-corrected chi connectivity index (χ3v) is 8.31. The van der Waals surface area contributed by atoms with Crippen LogP contribution in [0.25, 0.3) is 0 Å². The highest BCUT2D eigenvalue weighted by atomic mass is 16.5. The molecule has 4 rings (SSSR count). The van der Waals surface area contributed by atoms with E-state index in [2.05, 4.69) is 6.92 Å². The van der Waals surface area contributed by atoms with Crippen molar-refractivity contribution in [1.29, 1.82) is 0 Å². The number of aliphatic hydroxyl groups is 1. The summed E-state index contributed by atoms with van der Waals surface area (Å²) in [6.45, 7) is 6.24. The number of likely N-dealkylation sites (N-methyl/N-ethyl adjacent to an activating group) is 1. The van der Waals surface area contributed by atoms with Gasteiger partial charge in [0.2, 0.25) is 17.7 Å². The lowest BCUT2D eigenvalue weighted by molar-refractivity contribution is -0.154. The standard InChI is InChI=1S/C27H41N3O5/c1-4-6-8-16-29-17-12-14-27-21(20-23(32)28(3)15-11-13-26(20,5-2)35-27)24(33)30(22(27)25(29)34)18-9-7-10-19-31/h11-14,20-22,31H,4-10,15-19H2,1-3H3/t20-,21-,22?,26+,27-/m0/s1. The van der Waals surface area contributed by atoms with Gasteiger partial charge in [-0.05, 0) is 32.1 Å². The van der Waals surface area contributed by atoms with Crippen LogP contribution < -0.4 is 0 Å². The molecule has 2 fully saturated rings. The van der Waals surface area contributed by atoms with Crippen LogP contribution in [0, 0.1) is 11.8 Å². The molecule has 4 heterocycles. The molecule has 1 unspecified atom stereocenters. The van der Waals surface area contributed by atoms with E-state index in [-0.39, 0.29) is 24.3 Å². The Bertz CT molecular complexity index is 888. The van der Waals surface area contributed by atoms with E-state index < -0.39 is 29.1 Å². The predicted octanol–water partition coefficient (Wildman–Crippen LogP) is 2.13. The number of carbonyl (C=O) groups excluding carboxylic acids is 3. The highest BCUT2D eigenvalue weighted by molar-refractivity contribution is 6.00. The number of fused-ring (bicyclic) bond motifs is 2. The van der Waals surface area contributed by atoms with E-state index in [0.717, 1.165) is 25.7 Å². The van der Waals surface area contributed by atoms with Crippen LogP contribution in [0.1, 0.15) is 58.8 Å². The third-order valence-electron chi connectivity index (χ3n) is 8.31. The van der Waals surface area contributed by atoms with E-state index in [9.17, 15) is 19.5 Å². The fourth-order valence-electron chi connectivity index (χ4n) is 6.49. The largest absolute Gasteiger partial charge is 0.396 e. The summed E-state index contributed by atoms with van der Waals surface area (Å²) in [7, 11) is 1.76. The van der Waals surface area contributed by atoms with Crippen LogP contribution in [0.5, 0.6) is 0 Å². The topological polar surface area (TPSA) is 90.4 Å². The van der Waals surface area contributed by atoms with Gasteiger partial charge in [0.1, 0.15) is 11.6 Å². The maximum absolute atomic E-state index is 14.1. The summed E-state index contributed by atoms with van der Waals surface area (Å²) in [4.78, 5) is 47.0. The molecule has 1 N–H and O–H groups in total. The Labute approximate surface area is 208 Å². The van der Waals surface area contributed by atoms with Crippen molar-refractivity contribution in [1.82, 2.24) is 14.7 Å². The van der Waals surface area contributed by atoms with Crippen molar-refractivity contribution < 1.29 is 24.2 Å². The number of amides is 3. The summed E-state index contributed by atoms with van der Waals surface area (Å²) >= 11 is 0. The van der Waals surface area contributed by atoms with Crippen LogP contribution in [0.3, 0.4) is 0 Å². The van der Waals surface area contributed by atoms with Gasteiger partial charge in [-0.1, -0.05) is 51.0 Å². The zero-order chi connectivity index (χ0) is 25.2. The second kappa shape index (κ2) is 10.4. The van der Waals surface area contributed by atoms with Gasteiger partial charge >= 0.3 is 0 Å². The van der Waals surface area contributed by atoms with Gasteiger partial charge < -0.3 is 24.5 Å². The highest BCUT2D eigenvalue weighted by Crippen LogP contribution is 2.58. The monoisotopic (exact) mass is 487 g/mol. The van der Waals surface area contributed by atoms with Crippen LogP contribution in [0.2, 0.25) is 0 Å². The van der Waals surface area contributed by atoms with Crippen molar-refractivity contribution in [3.63, 3.8) is 0 Å². The molecule has 4 aliphatic heterocycles. The number of unbranched alkanes of at least 4 members (excludes halogenated alkanes) is 4. The second-order valence-corrected chi connectivity index (χ2v) is 10.5. The average Bonchev–Trinajstić information content (AvgIpc) is 3.14. The molecule has 0 aromatic carbocycles. The fraction of sp³-hybridized carbons (Fsp3) is 0.741. The fourth-order valence-corrected chi connectivity index (χ4v) is 6.49. The minimum atomic E-state index is -1.16. The van der Waals surface area contributed by atoms with Gasteiger partial charge in [0.25, 0.3) is 0 Å². The molecule has 4 aliphatic rings. The van der Waals surface area contributed by atoms with Gasteiger partial charge in [-0.2, -0.15) is 0 Å². The SMILES string of the molecule is CCCCCN1CC=C[C@]23O[C@]4(CC)C=CCN(C)C(=O)[C@@H]4[C@H]2C(=O)N(CCCCCO)C3C1=O. The number of hydrogen-bond acceptors (Lipinski definition) is 5. The van der Waals surface area contributed by atoms with Crippen molar-refractivity contribution in [3.05, 3.63) is 24.3 Å². The van der Waals surface area contributed by atoms with Gasteiger partial charge in [-0.25, -0.2) is 0 Å². The summed E-state index contributed by atoms with van der Waals surface area (Å²) < 4.78 is 6.90. The molecule has 194 valence electrons. The van der Waals surface area contributed by atoms with E-state index in [0.29, 0.717) is 45.4 Å². The first-order chi connectivity index (χ1) is 16.9. The average molecular weight is 488 g/mol. The van der Waals surface area contributed by atoms with Crippen molar-refractivity contribution in [2.24, 2.45) is 11.8 Å². The van der Waals surface area contributed by atoms with Crippen LogP contribution in [0.4, 0.5) is 0 Å². The van der Waals surface area contributed by atoms with Crippen LogP contribution in [-0.4, -0.2) is 94.6 Å². The lowest BCUT2D eigenvalue weighted by Crippen LogP contribution is -2.56. The van der Waals surface area contributed by atoms with E-state index in [4.69, 9.17) is 4.74 Å². The first-order valence-corrected chi connectivity index (χ1v) is 13.4. The van der Waals surface area contributed by atoms with E-state index >= 15 is 0 Å². The smallest absolute Gasteiger partial charge is 0.249 e. The van der Waals surface area contributed by atoms with E-state index in [1.165, 1.54) is 0 Å². The van der Waals surface area contributed by atoms with Gasteiger partial charge in [-0.15, -0.1) is 0 Å². The van der Waals surface area contributed by atoms with Crippen molar-refractivity contribution in [3.8, 4) is 0 Å². The van der Waals surface area contributed by atoms with Crippen LogP contribution in [0.15, 0.2) is 24.3 Å². The Morgan fingerprint density at radius 2 is 1.66 bits per heavy atom. The molecular weight excluding hydrogens is 446 g/mol. The molecule has 0 aliphatic carbocycles. The summed E-state index contributed by atoms with van der Waals surface area (Å²) in [5.41, 5.74) is -2.07. The lowest BCUT2D eigenvalue weighted by atomic mass is 9.73. The summed E-state index contributed by atoms with van der Waals surface area (Å²) in [6, 6.07) is -0.781. The molecule has 8 nitrogen and oxygen atoms in total.